The van der Waals surface area contributed by atoms with Crippen LogP contribution in [-0.4, -0.2) is 33.5 Å². The normalized spacial score (nSPS) is 13.4. The summed E-state index contributed by atoms with van der Waals surface area (Å²) >= 11 is 0. The molecule has 3 nitrogen and oxygen atoms in total. The highest BCUT2D eigenvalue weighted by Gasteiger charge is 2.30. The van der Waals surface area contributed by atoms with E-state index in [4.69, 9.17) is 9.47 Å². The highest BCUT2D eigenvalue weighted by atomic mass is 19.4. The second kappa shape index (κ2) is 8.24. The van der Waals surface area contributed by atoms with Crippen LogP contribution in [0, 0.1) is 0 Å². The maximum atomic E-state index is 12.7. The van der Waals surface area contributed by atoms with Crippen LogP contribution < -0.4 is 5.32 Å². The maximum Gasteiger partial charge on any atom is 0.416 e. The van der Waals surface area contributed by atoms with Crippen LogP contribution in [-0.2, 0) is 15.7 Å². The van der Waals surface area contributed by atoms with Gasteiger partial charge in [-0.1, -0.05) is 12.1 Å². The Kier molecular flexibility index (Phi) is 6.98. The third-order valence-corrected chi connectivity index (χ3v) is 2.83. The van der Waals surface area contributed by atoms with Gasteiger partial charge in [0.25, 0.3) is 0 Å². The number of nitrogens with one attached hydrogen (secondary N) is 1. The highest BCUT2D eigenvalue weighted by Crippen LogP contribution is 2.30. The number of alkyl halides is 3. The SMILES string of the molecule is CCOCCOCC(NC)c1cccc(C(F)(F)F)c1. The molecule has 20 heavy (non-hydrogen) atoms. The molecule has 1 N–H and O–H groups in total. The lowest BCUT2D eigenvalue weighted by atomic mass is 10.0. The first-order valence-electron chi connectivity index (χ1n) is 6.49. The largest absolute Gasteiger partial charge is 0.416 e. The average molecular weight is 291 g/mol. The lowest BCUT2D eigenvalue weighted by Gasteiger charge is -2.18. The van der Waals surface area contributed by atoms with E-state index >= 15 is 0 Å². The summed E-state index contributed by atoms with van der Waals surface area (Å²) in [6.07, 6.45) is -4.33. The highest BCUT2D eigenvalue weighted by molar-refractivity contribution is 5.28. The van der Waals surface area contributed by atoms with E-state index < -0.39 is 11.7 Å². The zero-order valence-corrected chi connectivity index (χ0v) is 11.7. The molecule has 0 heterocycles. The minimum absolute atomic E-state index is 0.279. The van der Waals surface area contributed by atoms with Gasteiger partial charge in [-0.3, -0.25) is 0 Å². The van der Waals surface area contributed by atoms with Crippen LogP contribution in [0.4, 0.5) is 13.2 Å². The van der Waals surface area contributed by atoms with Crippen molar-refractivity contribution < 1.29 is 22.6 Å². The predicted octanol–water partition coefficient (Wildman–Crippen LogP) is 3.02. The molecule has 1 atom stereocenters. The Bertz CT molecular complexity index is 396. The number of hydrogen-bond acceptors (Lipinski definition) is 3. The molecule has 0 amide bonds. The minimum atomic E-state index is -4.33. The molecule has 0 radical (unpaired) electrons. The first-order chi connectivity index (χ1) is 9.49. The smallest absolute Gasteiger partial charge is 0.379 e. The molecule has 1 aromatic carbocycles. The number of likely N-dealkylation sites (N-methyl/N-ethyl adjacent to an activating group) is 1. The fourth-order valence-corrected chi connectivity index (χ4v) is 1.74. The van der Waals surface area contributed by atoms with Crippen LogP contribution in [0.5, 0.6) is 0 Å². The summed E-state index contributed by atoms with van der Waals surface area (Å²) in [5.41, 5.74) is -0.0942. The van der Waals surface area contributed by atoms with E-state index in [1.807, 2.05) is 6.92 Å². The molecule has 0 saturated heterocycles. The average Bonchev–Trinajstić information content (AvgIpc) is 2.42. The van der Waals surface area contributed by atoms with Gasteiger partial charge >= 0.3 is 6.18 Å². The third kappa shape index (κ3) is 5.48. The van der Waals surface area contributed by atoms with Gasteiger partial charge < -0.3 is 14.8 Å². The van der Waals surface area contributed by atoms with Gasteiger partial charge in [-0.05, 0) is 31.7 Å². The third-order valence-electron chi connectivity index (χ3n) is 2.83. The van der Waals surface area contributed by atoms with Crippen molar-refractivity contribution in [2.45, 2.75) is 19.1 Å². The molecular formula is C14H20F3NO2. The molecule has 1 aromatic rings. The second-order valence-corrected chi connectivity index (χ2v) is 4.24. The summed E-state index contributed by atoms with van der Waals surface area (Å²) in [5, 5.41) is 2.95. The molecule has 114 valence electrons. The summed E-state index contributed by atoms with van der Waals surface area (Å²) in [4.78, 5) is 0. The van der Waals surface area contributed by atoms with Crippen molar-refractivity contribution in [3.63, 3.8) is 0 Å². The van der Waals surface area contributed by atoms with Gasteiger partial charge in [0.05, 0.1) is 31.4 Å². The van der Waals surface area contributed by atoms with Gasteiger partial charge in [0.15, 0.2) is 0 Å². The van der Waals surface area contributed by atoms with Crippen LogP contribution >= 0.6 is 0 Å². The number of halogens is 3. The molecule has 0 bridgehead atoms. The molecule has 0 aliphatic heterocycles. The quantitative estimate of drug-likeness (QED) is 0.747. The summed E-state index contributed by atoms with van der Waals surface area (Å²) in [5.74, 6) is 0. The van der Waals surface area contributed by atoms with Gasteiger partial charge in [-0.15, -0.1) is 0 Å². The zero-order valence-electron chi connectivity index (χ0n) is 11.7. The molecule has 0 spiro atoms. The molecule has 6 heteroatoms. The maximum absolute atomic E-state index is 12.7. The number of benzene rings is 1. The van der Waals surface area contributed by atoms with E-state index in [2.05, 4.69) is 5.32 Å². The topological polar surface area (TPSA) is 30.5 Å². The lowest BCUT2D eigenvalue weighted by molar-refractivity contribution is -0.137. The molecule has 1 unspecified atom stereocenters. The summed E-state index contributed by atoms with van der Waals surface area (Å²) in [6.45, 7) is 3.71. The summed E-state index contributed by atoms with van der Waals surface area (Å²) < 4.78 is 48.5. The van der Waals surface area contributed by atoms with Crippen molar-refractivity contribution in [2.75, 3.05) is 33.5 Å². The Morgan fingerprint density at radius 1 is 1.20 bits per heavy atom. The summed E-state index contributed by atoms with van der Waals surface area (Å²) in [6, 6.07) is 4.99. The van der Waals surface area contributed by atoms with E-state index in [-0.39, 0.29) is 6.04 Å². The monoisotopic (exact) mass is 291 g/mol. The van der Waals surface area contributed by atoms with E-state index in [0.717, 1.165) is 12.1 Å². The Morgan fingerprint density at radius 2 is 1.90 bits per heavy atom. The van der Waals surface area contributed by atoms with Crippen LogP contribution in [0.25, 0.3) is 0 Å². The van der Waals surface area contributed by atoms with Gasteiger partial charge in [0.1, 0.15) is 0 Å². The molecule has 0 aromatic heterocycles. The Morgan fingerprint density at radius 3 is 2.50 bits per heavy atom. The Labute approximate surface area is 117 Å². The molecule has 0 aliphatic carbocycles. The standard InChI is InChI=1S/C14H20F3NO2/c1-3-19-7-8-20-10-13(18-2)11-5-4-6-12(9-11)14(15,16)17/h4-6,9,13,18H,3,7-8,10H2,1-2H3. The van der Waals surface area contributed by atoms with Crippen LogP contribution in [0.15, 0.2) is 24.3 Å². The molecule has 1 rings (SSSR count). The van der Waals surface area contributed by atoms with Crippen molar-refractivity contribution in [1.82, 2.24) is 5.32 Å². The van der Waals surface area contributed by atoms with Gasteiger partial charge in [-0.2, -0.15) is 13.2 Å². The fourth-order valence-electron chi connectivity index (χ4n) is 1.74. The van der Waals surface area contributed by atoms with E-state index in [1.165, 1.54) is 6.07 Å². The first-order valence-corrected chi connectivity index (χ1v) is 6.49. The fraction of sp³-hybridized carbons (Fsp3) is 0.571. The summed E-state index contributed by atoms with van der Waals surface area (Å²) in [7, 11) is 1.69. The lowest BCUT2D eigenvalue weighted by Crippen LogP contribution is -2.23. The van der Waals surface area contributed by atoms with E-state index in [0.29, 0.717) is 32.0 Å². The molecule has 0 fully saturated rings. The first kappa shape index (κ1) is 16.9. The number of ether oxygens (including phenoxy) is 2. The van der Waals surface area contributed by atoms with Crippen molar-refractivity contribution in [3.05, 3.63) is 35.4 Å². The van der Waals surface area contributed by atoms with Crippen LogP contribution in [0.2, 0.25) is 0 Å². The number of rotatable bonds is 8. The molecule has 0 aliphatic rings. The van der Waals surface area contributed by atoms with E-state index in [1.54, 1.807) is 13.1 Å². The van der Waals surface area contributed by atoms with Gasteiger partial charge in [0, 0.05) is 6.61 Å². The second-order valence-electron chi connectivity index (χ2n) is 4.24. The minimum Gasteiger partial charge on any atom is -0.379 e. The number of hydrogen-bond donors (Lipinski definition) is 1. The van der Waals surface area contributed by atoms with Crippen LogP contribution in [0.1, 0.15) is 24.1 Å². The van der Waals surface area contributed by atoms with Crippen molar-refractivity contribution in [2.24, 2.45) is 0 Å². The van der Waals surface area contributed by atoms with Crippen molar-refractivity contribution >= 4 is 0 Å². The van der Waals surface area contributed by atoms with Gasteiger partial charge in [0.2, 0.25) is 0 Å². The van der Waals surface area contributed by atoms with Gasteiger partial charge in [-0.25, -0.2) is 0 Å². The van der Waals surface area contributed by atoms with Crippen molar-refractivity contribution in [3.8, 4) is 0 Å². The van der Waals surface area contributed by atoms with Crippen molar-refractivity contribution in [1.29, 1.82) is 0 Å². The Balaban J connectivity index is 2.61. The Hall–Kier alpha value is -1.11. The zero-order chi connectivity index (χ0) is 15.0. The van der Waals surface area contributed by atoms with E-state index in [9.17, 15) is 13.2 Å². The molecule has 0 saturated carbocycles. The molecular weight excluding hydrogens is 271 g/mol. The van der Waals surface area contributed by atoms with Crippen LogP contribution in [0.3, 0.4) is 0 Å². The predicted molar refractivity (Wildman–Crippen MR) is 70.6 cm³/mol.